The first-order chi connectivity index (χ1) is 37.7. The number of furan rings is 3. The largest absolute Gasteiger partial charge is 0.456 e. The molecule has 0 bridgehead atoms. The highest BCUT2D eigenvalue weighted by Crippen LogP contribution is 2.52. The van der Waals surface area contributed by atoms with Gasteiger partial charge in [-0.05, 0) is 78.9 Å². The Labute approximate surface area is 429 Å². The second-order valence-corrected chi connectivity index (χ2v) is 19.5. The first-order valence-corrected chi connectivity index (χ1v) is 25.1. The third-order valence-corrected chi connectivity index (χ3v) is 15.8. The fraction of sp³-hybridized carbons (Fsp3) is 0. The Morgan fingerprint density at radius 1 is 0.329 bits per heavy atom. The van der Waals surface area contributed by atoms with Gasteiger partial charge >= 0.3 is 0 Å². The number of hydrogen-bond donors (Lipinski definition) is 0. The number of rotatable bonds is 4. The molecule has 0 spiro atoms. The summed E-state index contributed by atoms with van der Waals surface area (Å²) < 4.78 is 26.9. The molecular weight excluding hydrogens is 937 g/mol. The lowest BCUT2D eigenvalue weighted by Gasteiger charge is -2.27. The van der Waals surface area contributed by atoms with E-state index in [4.69, 9.17) is 18.2 Å². The average Bonchev–Trinajstić information content (AvgIpc) is 4.41. The van der Waals surface area contributed by atoms with E-state index in [1.54, 1.807) is 6.20 Å². The van der Waals surface area contributed by atoms with Crippen LogP contribution in [0.25, 0.3) is 159 Å². The van der Waals surface area contributed by atoms with Crippen molar-refractivity contribution in [2.45, 2.75) is 0 Å². The van der Waals surface area contributed by atoms with E-state index in [0.29, 0.717) is 33.8 Å². The van der Waals surface area contributed by atoms with Crippen LogP contribution in [0.15, 0.2) is 220 Å². The summed E-state index contributed by atoms with van der Waals surface area (Å²) in [5, 5.41) is 36.2. The van der Waals surface area contributed by atoms with Crippen molar-refractivity contribution in [2.24, 2.45) is 0 Å². The van der Waals surface area contributed by atoms with E-state index < -0.39 is 0 Å². The zero-order valence-corrected chi connectivity index (χ0v) is 40.0. The van der Waals surface area contributed by atoms with E-state index in [2.05, 4.69) is 129 Å². The molecule has 17 aromatic rings. The molecule has 17 rings (SSSR count). The molecule has 10 aromatic carbocycles. The summed E-state index contributed by atoms with van der Waals surface area (Å²) >= 11 is 0. The van der Waals surface area contributed by atoms with Gasteiger partial charge in [0.15, 0.2) is 0 Å². The van der Waals surface area contributed by atoms with Gasteiger partial charge in [-0.1, -0.05) is 115 Å². The zero-order valence-electron chi connectivity index (χ0n) is 40.0. The maximum atomic E-state index is 12.4. The molecule has 0 aliphatic heterocycles. The van der Waals surface area contributed by atoms with Gasteiger partial charge in [0.05, 0.1) is 77.4 Å². The van der Waals surface area contributed by atoms with Gasteiger partial charge in [-0.3, -0.25) is 4.98 Å². The lowest BCUT2D eigenvalue weighted by atomic mass is 9.92. The molecule has 0 radical (unpaired) electrons. The van der Waals surface area contributed by atoms with Crippen molar-refractivity contribution in [1.29, 1.82) is 10.5 Å². The van der Waals surface area contributed by atoms with Gasteiger partial charge in [-0.2, -0.15) is 10.5 Å². The summed E-state index contributed by atoms with van der Waals surface area (Å²) in [6, 6.07) is 71.5. The minimum absolute atomic E-state index is 0.193. The number of hydrogen-bond acceptors (Lipinski definition) is 6. The van der Waals surface area contributed by atoms with E-state index >= 15 is 0 Å². The van der Waals surface area contributed by atoms with E-state index in [0.717, 1.165) is 126 Å². The molecule has 0 N–H and O–H groups in total. The Balaban J connectivity index is 1.22. The first-order valence-electron chi connectivity index (χ1n) is 25.1. The lowest BCUT2D eigenvalue weighted by molar-refractivity contribution is 0.668. The van der Waals surface area contributed by atoms with Gasteiger partial charge in [0.1, 0.15) is 45.6 Å². The topological polar surface area (TPSA) is 115 Å². The maximum Gasteiger partial charge on any atom is 0.137 e. The van der Waals surface area contributed by atoms with Gasteiger partial charge in [-0.15, -0.1) is 0 Å². The second-order valence-electron chi connectivity index (χ2n) is 19.5. The normalized spacial score (nSPS) is 12.2. The van der Waals surface area contributed by atoms with Crippen LogP contribution in [0.1, 0.15) is 11.1 Å². The summed E-state index contributed by atoms with van der Waals surface area (Å²) in [4.78, 5) is 4.86. The third-order valence-electron chi connectivity index (χ3n) is 15.8. The van der Waals surface area contributed by atoms with Crippen LogP contribution in [0.3, 0.4) is 0 Å². The summed E-state index contributed by atoms with van der Waals surface area (Å²) in [5.74, 6) is 0. The van der Waals surface area contributed by atoms with Crippen LogP contribution in [0.2, 0.25) is 0 Å². The molecule has 0 aliphatic rings. The molecule has 350 valence electrons. The van der Waals surface area contributed by atoms with Crippen LogP contribution in [-0.4, -0.2) is 18.7 Å². The fourth-order valence-electron chi connectivity index (χ4n) is 12.9. The van der Waals surface area contributed by atoms with Crippen molar-refractivity contribution in [2.75, 3.05) is 0 Å². The van der Waals surface area contributed by atoms with Crippen LogP contribution in [0.4, 0.5) is 0 Å². The smallest absolute Gasteiger partial charge is 0.137 e. The second kappa shape index (κ2) is 14.9. The van der Waals surface area contributed by atoms with Crippen molar-refractivity contribution in [1.82, 2.24) is 18.7 Å². The predicted molar refractivity (Wildman–Crippen MR) is 304 cm³/mol. The molecule has 7 aromatic heterocycles. The monoisotopic (exact) mass is 970 g/mol. The number of pyridine rings is 1. The molecule has 9 heteroatoms. The SMILES string of the molecule is N#Cc1c(C#N)c(-n2c3ccccc3c3ccc4oc5ccccc5c4c32)c(-n2c3ccccc3c3ccc4oc5ccccc5c4c32)c(-c2cccnc2)c1-n1c2ccccc2c2ccc3oc4ccccc4c3c21. The van der Waals surface area contributed by atoms with Crippen molar-refractivity contribution < 1.29 is 13.3 Å². The summed E-state index contributed by atoms with van der Waals surface area (Å²) in [6.45, 7) is 0. The number of para-hydroxylation sites is 6. The van der Waals surface area contributed by atoms with Crippen molar-refractivity contribution in [3.8, 4) is 40.3 Å². The molecule has 0 unspecified atom stereocenters. The number of benzene rings is 10. The molecular formula is C67H34N6O3. The van der Waals surface area contributed by atoms with E-state index in [9.17, 15) is 10.5 Å². The molecule has 0 fully saturated rings. The van der Waals surface area contributed by atoms with Crippen LogP contribution in [-0.2, 0) is 0 Å². The van der Waals surface area contributed by atoms with Crippen molar-refractivity contribution in [3.63, 3.8) is 0 Å². The minimum Gasteiger partial charge on any atom is -0.456 e. The van der Waals surface area contributed by atoms with Gasteiger partial charge in [0.25, 0.3) is 0 Å². The van der Waals surface area contributed by atoms with Crippen LogP contribution < -0.4 is 0 Å². The Hall–Kier alpha value is -10.9. The number of fused-ring (bicyclic) bond motifs is 21. The average molecular weight is 971 g/mol. The number of nitriles is 2. The highest BCUT2D eigenvalue weighted by molar-refractivity contribution is 6.28. The minimum atomic E-state index is 0.193. The number of nitrogens with zero attached hydrogens (tertiary/aromatic N) is 6. The molecule has 0 aliphatic carbocycles. The molecule has 76 heavy (non-hydrogen) atoms. The van der Waals surface area contributed by atoms with Gasteiger partial charge < -0.3 is 27.0 Å². The van der Waals surface area contributed by atoms with Crippen molar-refractivity contribution in [3.05, 3.63) is 218 Å². The van der Waals surface area contributed by atoms with E-state index in [1.807, 2.05) is 97.2 Å². The zero-order chi connectivity index (χ0) is 49.9. The molecule has 0 saturated heterocycles. The molecule has 0 amide bonds. The Bertz CT molecular complexity index is 5510. The standard InChI is InChI=1S/C67H34N6O3/c68-34-47-48(35-69)66(72-50-22-8-2-16-39(50)42-28-31-56-60(63(42)72)45-19-5-11-25-53(45)75-56)67(73-51-23-9-3-17-40(51)43-29-32-57-61(64(43)73)46-20-6-12-26-54(46)76-57)58(37-14-13-33-70-36-37)65(47)71-49-21-7-1-15-38(49)41-27-30-55-59(62(41)71)44-18-4-10-24-52(44)74-55/h1-33,36H. The maximum absolute atomic E-state index is 12.4. The Kier molecular flexibility index (Phi) is 7.96. The van der Waals surface area contributed by atoms with Crippen LogP contribution >= 0.6 is 0 Å². The fourth-order valence-corrected chi connectivity index (χ4v) is 12.9. The predicted octanol–water partition coefficient (Wildman–Crippen LogP) is 17.5. The van der Waals surface area contributed by atoms with Crippen LogP contribution in [0, 0.1) is 22.7 Å². The van der Waals surface area contributed by atoms with Crippen LogP contribution in [0.5, 0.6) is 0 Å². The van der Waals surface area contributed by atoms with E-state index in [-0.39, 0.29) is 11.1 Å². The summed E-state index contributed by atoms with van der Waals surface area (Å²) in [7, 11) is 0. The van der Waals surface area contributed by atoms with Gasteiger partial charge in [0.2, 0.25) is 0 Å². The molecule has 0 saturated carbocycles. The summed E-state index contributed by atoms with van der Waals surface area (Å²) in [5.41, 5.74) is 13.1. The lowest BCUT2D eigenvalue weighted by Crippen LogP contribution is -2.14. The molecule has 7 heterocycles. The Morgan fingerprint density at radius 3 is 1.11 bits per heavy atom. The quantitative estimate of drug-likeness (QED) is 0.173. The van der Waals surface area contributed by atoms with Gasteiger partial charge in [-0.25, -0.2) is 0 Å². The molecule has 9 nitrogen and oxygen atoms in total. The Morgan fingerprint density at radius 2 is 0.697 bits per heavy atom. The highest BCUT2D eigenvalue weighted by atomic mass is 16.3. The third kappa shape index (κ3) is 5.12. The number of aromatic nitrogens is 4. The van der Waals surface area contributed by atoms with E-state index in [1.165, 1.54) is 0 Å². The van der Waals surface area contributed by atoms with Crippen molar-refractivity contribution >= 4 is 131 Å². The summed E-state index contributed by atoms with van der Waals surface area (Å²) in [6.07, 6.45) is 3.65. The first kappa shape index (κ1) is 40.7. The van der Waals surface area contributed by atoms with Gasteiger partial charge in [0, 0.05) is 72.0 Å². The molecule has 0 atom stereocenters. The highest BCUT2D eigenvalue weighted by Gasteiger charge is 2.35.